The first kappa shape index (κ1) is 22.1. The molecular weight excluding hydrogens is 368 g/mol. The first-order valence-corrected chi connectivity index (χ1v) is 11.0. The van der Waals surface area contributed by atoms with Gasteiger partial charge in [0.2, 0.25) is 0 Å². The van der Waals surface area contributed by atoms with Crippen LogP contribution in [0, 0.1) is 23.2 Å². The van der Waals surface area contributed by atoms with Gasteiger partial charge in [0.15, 0.2) is 0 Å². The lowest BCUT2D eigenvalue weighted by molar-refractivity contribution is -0.139. The molecule has 0 N–H and O–H groups in total. The summed E-state index contributed by atoms with van der Waals surface area (Å²) in [6.45, 7) is 12.1. The molecule has 0 radical (unpaired) electrons. The molecule has 0 bridgehead atoms. The Bertz CT molecular complexity index is 650. The summed E-state index contributed by atoms with van der Waals surface area (Å²) in [5, 5.41) is 0. The van der Waals surface area contributed by atoms with Gasteiger partial charge in [-0.25, -0.2) is 4.79 Å². The molecule has 162 valence electrons. The molecule has 1 aromatic carbocycles. The summed E-state index contributed by atoms with van der Waals surface area (Å²) in [7, 11) is 0. The third-order valence-electron chi connectivity index (χ3n) is 6.16. The minimum absolute atomic E-state index is 0.0160. The van der Waals surface area contributed by atoms with Gasteiger partial charge in [-0.3, -0.25) is 0 Å². The van der Waals surface area contributed by atoms with Crippen LogP contribution < -0.4 is 4.74 Å². The summed E-state index contributed by atoms with van der Waals surface area (Å²) in [6, 6.07) is 7.20. The Balaban J connectivity index is 1.43. The van der Waals surface area contributed by atoms with Gasteiger partial charge in [-0.1, -0.05) is 34.1 Å². The molecule has 1 aliphatic heterocycles. The number of esters is 1. The third kappa shape index (κ3) is 6.19. The topological polar surface area (TPSA) is 54.0 Å². The maximum atomic E-state index is 12.6. The fourth-order valence-corrected chi connectivity index (χ4v) is 4.21. The molecule has 5 heteroatoms. The molecule has 1 saturated carbocycles. The molecule has 2 aliphatic rings. The number of benzene rings is 1. The van der Waals surface area contributed by atoms with Gasteiger partial charge >= 0.3 is 5.97 Å². The van der Waals surface area contributed by atoms with Gasteiger partial charge in [0, 0.05) is 5.41 Å². The van der Waals surface area contributed by atoms with E-state index in [1.165, 1.54) is 6.42 Å². The zero-order chi connectivity index (χ0) is 20.9. The minimum Gasteiger partial charge on any atom is -0.491 e. The highest BCUT2D eigenvalue weighted by Crippen LogP contribution is 2.35. The highest BCUT2D eigenvalue weighted by molar-refractivity contribution is 5.89. The monoisotopic (exact) mass is 404 g/mol. The molecule has 2 fully saturated rings. The van der Waals surface area contributed by atoms with Crippen LogP contribution >= 0.6 is 0 Å². The van der Waals surface area contributed by atoms with Crippen LogP contribution in [-0.4, -0.2) is 45.1 Å². The maximum absolute atomic E-state index is 12.6. The van der Waals surface area contributed by atoms with Gasteiger partial charge in [0.05, 0.1) is 32.0 Å². The second-order valence-corrected chi connectivity index (χ2v) is 9.50. The van der Waals surface area contributed by atoms with Crippen LogP contribution in [0.5, 0.6) is 5.75 Å². The Morgan fingerprint density at radius 3 is 2.52 bits per heavy atom. The van der Waals surface area contributed by atoms with Gasteiger partial charge in [0.25, 0.3) is 0 Å². The molecule has 1 aliphatic carbocycles. The Morgan fingerprint density at radius 1 is 1.17 bits per heavy atom. The molecule has 0 spiro atoms. The predicted octanol–water partition coefficient (Wildman–Crippen LogP) is 4.74. The van der Waals surface area contributed by atoms with Crippen molar-refractivity contribution in [1.82, 2.24) is 0 Å². The van der Waals surface area contributed by atoms with Crippen molar-refractivity contribution in [2.75, 3.05) is 33.0 Å². The highest BCUT2D eigenvalue weighted by Gasteiger charge is 2.34. The van der Waals surface area contributed by atoms with E-state index < -0.39 is 0 Å². The Morgan fingerprint density at radius 2 is 1.90 bits per heavy atom. The van der Waals surface area contributed by atoms with Crippen LogP contribution in [0.1, 0.15) is 57.3 Å². The lowest BCUT2D eigenvalue weighted by atomic mass is 9.75. The number of ether oxygens (including phenoxy) is 4. The molecule has 1 aromatic rings. The Hall–Kier alpha value is -1.59. The second-order valence-electron chi connectivity index (χ2n) is 9.50. The van der Waals surface area contributed by atoms with E-state index in [1.54, 1.807) is 12.1 Å². The van der Waals surface area contributed by atoms with E-state index in [2.05, 4.69) is 27.7 Å². The third-order valence-corrected chi connectivity index (χ3v) is 6.16. The molecule has 3 unspecified atom stereocenters. The number of rotatable bonds is 9. The molecule has 3 atom stereocenters. The minimum atomic E-state index is -0.236. The van der Waals surface area contributed by atoms with E-state index in [0.29, 0.717) is 43.1 Å². The van der Waals surface area contributed by atoms with Crippen LogP contribution in [-0.2, 0) is 14.2 Å². The van der Waals surface area contributed by atoms with E-state index in [0.717, 1.165) is 31.8 Å². The van der Waals surface area contributed by atoms with Crippen molar-refractivity contribution in [2.24, 2.45) is 23.2 Å². The average molecular weight is 405 g/mol. The van der Waals surface area contributed by atoms with Gasteiger partial charge < -0.3 is 18.9 Å². The fraction of sp³-hybridized carbons (Fsp3) is 0.708. The summed E-state index contributed by atoms with van der Waals surface area (Å²) >= 11 is 0. The zero-order valence-electron chi connectivity index (χ0n) is 18.3. The lowest BCUT2D eigenvalue weighted by Gasteiger charge is -2.37. The van der Waals surface area contributed by atoms with Crippen molar-refractivity contribution >= 4 is 5.97 Å². The van der Waals surface area contributed by atoms with Crippen LogP contribution in [0.15, 0.2) is 24.3 Å². The van der Waals surface area contributed by atoms with Crippen molar-refractivity contribution in [2.45, 2.75) is 53.1 Å². The van der Waals surface area contributed by atoms with E-state index in [1.807, 2.05) is 12.1 Å². The number of hydrogen-bond donors (Lipinski definition) is 0. The van der Waals surface area contributed by atoms with Crippen molar-refractivity contribution < 1.29 is 23.7 Å². The number of carbonyl (C=O) groups excluding carboxylic acids is 1. The van der Waals surface area contributed by atoms with E-state index in [-0.39, 0.29) is 17.5 Å². The van der Waals surface area contributed by atoms with Crippen LogP contribution in [0.3, 0.4) is 0 Å². The zero-order valence-corrected chi connectivity index (χ0v) is 18.3. The first-order valence-electron chi connectivity index (χ1n) is 11.0. The van der Waals surface area contributed by atoms with Gasteiger partial charge in [0.1, 0.15) is 18.5 Å². The summed E-state index contributed by atoms with van der Waals surface area (Å²) in [5.41, 5.74) is 0.736. The van der Waals surface area contributed by atoms with Crippen molar-refractivity contribution in [3.8, 4) is 5.75 Å². The van der Waals surface area contributed by atoms with Gasteiger partial charge in [-0.2, -0.15) is 0 Å². The molecule has 3 rings (SSSR count). The van der Waals surface area contributed by atoms with Crippen LogP contribution in [0.4, 0.5) is 0 Å². The summed E-state index contributed by atoms with van der Waals surface area (Å²) in [6.07, 6.45) is 3.33. The summed E-state index contributed by atoms with van der Waals surface area (Å²) < 4.78 is 22.5. The quantitative estimate of drug-likeness (QED) is 0.440. The lowest BCUT2D eigenvalue weighted by Crippen LogP contribution is -2.43. The fourth-order valence-electron chi connectivity index (χ4n) is 4.21. The molecule has 0 aromatic heterocycles. The van der Waals surface area contributed by atoms with E-state index in [9.17, 15) is 4.79 Å². The van der Waals surface area contributed by atoms with Crippen molar-refractivity contribution in [3.05, 3.63) is 29.8 Å². The molecule has 5 nitrogen and oxygen atoms in total. The first-order chi connectivity index (χ1) is 13.9. The average Bonchev–Trinajstić information content (AvgIpc) is 2.66. The van der Waals surface area contributed by atoms with E-state index >= 15 is 0 Å². The molecule has 29 heavy (non-hydrogen) atoms. The maximum Gasteiger partial charge on any atom is 0.338 e. The molecule has 1 saturated heterocycles. The van der Waals surface area contributed by atoms with Gasteiger partial charge in [-0.05, 0) is 54.9 Å². The van der Waals surface area contributed by atoms with E-state index in [4.69, 9.17) is 18.9 Å². The Labute approximate surface area is 175 Å². The molecule has 0 amide bonds. The van der Waals surface area contributed by atoms with Crippen LogP contribution in [0.2, 0.25) is 0 Å². The highest BCUT2D eigenvalue weighted by atomic mass is 16.5. The number of carbonyl (C=O) groups is 1. The van der Waals surface area contributed by atoms with Crippen molar-refractivity contribution in [1.29, 1.82) is 0 Å². The van der Waals surface area contributed by atoms with Crippen LogP contribution in [0.25, 0.3) is 0 Å². The Kier molecular flexibility index (Phi) is 7.58. The predicted molar refractivity (Wildman–Crippen MR) is 112 cm³/mol. The summed E-state index contributed by atoms with van der Waals surface area (Å²) in [4.78, 5) is 12.6. The second kappa shape index (κ2) is 9.94. The van der Waals surface area contributed by atoms with Gasteiger partial charge in [-0.15, -0.1) is 0 Å². The summed E-state index contributed by atoms with van der Waals surface area (Å²) in [5.74, 6) is 2.08. The molecule has 1 heterocycles. The normalized spacial score (nSPS) is 26.0. The largest absolute Gasteiger partial charge is 0.491 e. The smallest absolute Gasteiger partial charge is 0.338 e. The SMILES string of the molecule is CC1CCC(C(C)C)C(OC(=O)c2ccc(OCCOCC3(C)COC3)cc2)C1. The molecular formula is C24H36O5. The number of hydrogen-bond acceptors (Lipinski definition) is 5. The van der Waals surface area contributed by atoms with Crippen molar-refractivity contribution in [3.63, 3.8) is 0 Å². The standard InChI is InChI=1S/C24H36O5/c1-17(2)21-10-5-18(3)13-22(21)29-23(25)19-6-8-20(9-7-19)28-12-11-26-14-24(4)15-27-16-24/h6-9,17-18,21-22H,5,10-16H2,1-4H3.